The number of methoxy groups -OCH3 is 6. The highest BCUT2D eigenvalue weighted by Gasteiger charge is 2.35. The molecule has 0 radical (unpaired) electrons. The summed E-state index contributed by atoms with van der Waals surface area (Å²) >= 11 is 0. The minimum atomic E-state index is -3.83. The molecule has 0 amide bonds. The highest BCUT2D eigenvalue weighted by atomic mass is 32.3. The lowest BCUT2D eigenvalue weighted by molar-refractivity contribution is 0.0840. The van der Waals surface area contributed by atoms with Crippen molar-refractivity contribution >= 4 is 169 Å². The molecule has 51 heteroatoms. The number of unbranched alkanes of at least 4 members (excludes halogenated alkanes) is 4. The van der Waals surface area contributed by atoms with Gasteiger partial charge in [-0.3, -0.25) is 31.1 Å². The fourth-order valence-electron chi connectivity index (χ4n) is 9.88. The summed E-state index contributed by atoms with van der Waals surface area (Å²) in [5.74, 6) is 0.160. The first kappa shape index (κ1) is 168. The third-order valence-corrected chi connectivity index (χ3v) is 58.3. The molecule has 0 N–H and O–H groups in total. The van der Waals surface area contributed by atoms with E-state index in [0.29, 0.717) is 62.5 Å². The summed E-state index contributed by atoms with van der Waals surface area (Å²) in [6.07, 6.45) is 18.8. The van der Waals surface area contributed by atoms with E-state index in [1.165, 1.54) is 96.3 Å². The predicted molar refractivity (Wildman–Crippen MR) is 649 cm³/mol. The topological polar surface area (TPSA) is 425 Å². The lowest BCUT2D eigenvalue weighted by Gasteiger charge is -2.27. The van der Waals surface area contributed by atoms with Crippen LogP contribution in [0.3, 0.4) is 0 Å². The van der Waals surface area contributed by atoms with Crippen molar-refractivity contribution in [1.82, 2.24) is 0 Å². The van der Waals surface area contributed by atoms with Gasteiger partial charge in [0.2, 0.25) is 0 Å². The fraction of sp³-hybridized carbons (Fsp3) is 0.717. The number of phosphoric acid groups is 1. The van der Waals surface area contributed by atoms with Crippen molar-refractivity contribution in [3.05, 3.63) is 136 Å². The SMILES string of the molecule is C=CCCC[Si](C)(C)COC(=O)OC.C=CCC[Si](C)(C)COC(=O)OC.C=CC[Si](C)(C)COC(=O)OC.C=C[Si](C)(C)COP(=O)(OC)OC.C=C[Si](C)(C)COP(C)(=O)OC.C=C[Si](C)(C)COP(C)(C)=O.C=C[Si](C)(C)COS(=O)(=O)OCC(C)C.C=C[Si](C)(C)COS(=O)(=O)OCCCC.C=C[Si](CC)(CC)COC(=O)OC.C=C[Si](CCC)(CCC)COC(=O)OC.C=C[Si](CCCC)(CCCC)COC(=O)OC. The van der Waals surface area contributed by atoms with Gasteiger partial charge in [0.1, 0.15) is 64.6 Å². The van der Waals surface area contributed by atoms with Crippen LogP contribution < -0.4 is 0 Å². The molecule has 0 saturated heterocycles. The molecule has 0 fully saturated rings. The average molecular weight is 2430 g/mol. The van der Waals surface area contributed by atoms with Gasteiger partial charge < -0.3 is 70.4 Å². The Bertz CT molecular complexity index is 4060. The summed E-state index contributed by atoms with van der Waals surface area (Å²) in [4.78, 5) is 64.8. The molecule has 0 bridgehead atoms. The normalized spacial score (nSPS) is 12.1. The molecule has 888 valence electrons. The van der Waals surface area contributed by atoms with Gasteiger partial charge in [-0.15, -0.1) is 72.4 Å². The van der Waals surface area contributed by atoms with Gasteiger partial charge in [-0.1, -0.05) is 331 Å². The third kappa shape index (κ3) is 110. The molecule has 0 saturated carbocycles. The third-order valence-electron chi connectivity index (χ3n) is 21.4. The quantitative estimate of drug-likeness (QED) is 0.0136. The molecule has 1 unspecified atom stereocenters. The van der Waals surface area contributed by atoms with Crippen molar-refractivity contribution in [3.8, 4) is 0 Å². The molecule has 0 aliphatic carbocycles. The van der Waals surface area contributed by atoms with Crippen molar-refractivity contribution in [1.29, 1.82) is 0 Å². The van der Waals surface area contributed by atoms with E-state index in [4.69, 9.17) is 54.9 Å². The number of carbonyl (C=O) groups is 6. The van der Waals surface area contributed by atoms with Crippen molar-refractivity contribution in [2.75, 3.05) is 166 Å². The first-order chi connectivity index (χ1) is 69.0. The molecule has 0 spiro atoms. The Balaban J connectivity index is -0.000000158. The van der Waals surface area contributed by atoms with Crippen LogP contribution in [0.2, 0.25) is 159 Å². The largest absolute Gasteiger partial charge is 0.507 e. The smallest absolute Gasteiger partial charge is 0.438 e. The van der Waals surface area contributed by atoms with Gasteiger partial charge in [-0.25, -0.2) is 41.7 Å². The second-order valence-corrected chi connectivity index (χ2v) is 103. The highest BCUT2D eigenvalue weighted by Crippen LogP contribution is 2.48. The molecule has 0 aromatic carbocycles. The zero-order valence-electron chi connectivity index (χ0n) is 100.0. The molecule has 0 rings (SSSR count). The van der Waals surface area contributed by atoms with Crippen LogP contribution in [0.5, 0.6) is 0 Å². The van der Waals surface area contributed by atoms with Gasteiger partial charge >= 0.3 is 73.1 Å². The summed E-state index contributed by atoms with van der Waals surface area (Å²) < 4.78 is 184. The molecule has 0 aliphatic heterocycles. The van der Waals surface area contributed by atoms with Crippen LogP contribution in [-0.2, 0) is 135 Å². The first-order valence-electron chi connectivity index (χ1n) is 50.5. The summed E-state index contributed by atoms with van der Waals surface area (Å²) in [6.45, 7) is 98.3. The molecule has 35 nitrogen and oxygen atoms in total. The van der Waals surface area contributed by atoms with E-state index in [9.17, 15) is 59.3 Å². The van der Waals surface area contributed by atoms with Gasteiger partial charge in [0.15, 0.2) is 7.37 Å². The lowest BCUT2D eigenvalue weighted by atomic mass is 10.2. The van der Waals surface area contributed by atoms with Gasteiger partial charge in [0, 0.05) is 47.6 Å². The Morgan fingerprint density at radius 1 is 0.300 bits per heavy atom. The number of rotatable bonds is 66. The molecule has 0 aliphatic rings. The predicted octanol–water partition coefficient (Wildman–Crippen LogP) is 29.0. The van der Waals surface area contributed by atoms with Crippen LogP contribution in [0.4, 0.5) is 28.8 Å². The number of hydrogen-bond donors (Lipinski definition) is 0. The minimum absolute atomic E-state index is 0.151. The second-order valence-electron chi connectivity index (χ2n) is 41.6. The van der Waals surface area contributed by atoms with Crippen LogP contribution >= 0.6 is 22.8 Å². The highest BCUT2D eigenvalue weighted by molar-refractivity contribution is 7.82. The van der Waals surface area contributed by atoms with E-state index in [0.717, 1.165) is 92.9 Å². The van der Waals surface area contributed by atoms with E-state index < -0.39 is 169 Å². The molecule has 0 aromatic rings. The Hall–Kier alpha value is -4.66. The van der Waals surface area contributed by atoms with Gasteiger partial charge in [-0.05, 0) is 31.2 Å². The van der Waals surface area contributed by atoms with Crippen LogP contribution in [-0.4, -0.2) is 308 Å². The van der Waals surface area contributed by atoms with E-state index in [1.807, 2.05) is 93.7 Å². The summed E-state index contributed by atoms with van der Waals surface area (Å²) in [5.41, 5.74) is 15.4. The fourth-order valence-corrected chi connectivity index (χ4v) is 36.1. The lowest BCUT2D eigenvalue weighted by Crippen LogP contribution is -2.39. The first-order valence-corrected chi connectivity index (χ1v) is 93.9. The molecule has 1 atom stereocenters. The van der Waals surface area contributed by atoms with Crippen molar-refractivity contribution < 1.29 is 160 Å². The van der Waals surface area contributed by atoms with Crippen LogP contribution in [0.15, 0.2) is 136 Å². The maximum absolute atomic E-state index is 11.4. The molecular formula is C99H211O35P3S2Si11. The number of ether oxygens (including phenoxy) is 12. The van der Waals surface area contributed by atoms with E-state index in [1.54, 1.807) is 24.7 Å². The van der Waals surface area contributed by atoms with E-state index in [-0.39, 0.29) is 31.6 Å². The van der Waals surface area contributed by atoms with E-state index in [2.05, 4.69) is 244 Å². The monoisotopic (exact) mass is 2430 g/mol. The number of hydrogen-bond acceptors (Lipinski definition) is 35. The standard InChI is InChI=1S/C13H26O3Si.C11H22O3Si.C10H20O3Si.2C9H20O4SSi.2C9H18O3Si.C8H16O3Si.C7H17O4PSi.C7H17O3PSi.C7H17O2PSi/c1-5-8-10-17(7-3,11-9-6-2)12-16-13(14)15-4;1-5-8-15(7-3,9-6-2)10-14-11(12)13-4;1-5-6-7-8-14(3,4)9-13-10(11)12-2;1-6-15(4,5)8-13-14(10,11)12-7-9(2)3;1-5-7-8-12-14(10,11)13-9-15(3,4)6-2;1-5-6-7-13(3,4)8-12-9(10)11-2;1-5-13(6-2,7-3)8-12-9(10)11-4;1-5-6-12(3,4)7-11-8(9)10-2;1-6-13(4,5)7-11-12(8,9-2)10-3;1-6-12(4,5)7-10-11(3,8)9-2;1-6-11(4,5)7-9-10(2,3)8/h7H,3,5-6,8-12H2,1-2,4H3;7H,3,5-6,8-10H2,1-2,4H3;5H,1,6-9H2,2-4H3;6,9H,1,7-8H2,2-5H3;6H,2,5,7-9H2,1,3-4H3;2*5H,1,6-8H2,2-4H3;5H,1,6-7H2,2-4H3;6H,1,7H2,2-5H3;6H,1,7H2,2-5H3;6H,1,7H2,2-5H3. The van der Waals surface area contributed by atoms with Crippen LogP contribution in [0.25, 0.3) is 0 Å². The zero-order valence-corrected chi connectivity index (χ0v) is 115. The summed E-state index contributed by atoms with van der Waals surface area (Å²) in [5, 5.41) is 0. The minimum Gasteiger partial charge on any atom is -0.438 e. The maximum Gasteiger partial charge on any atom is 0.507 e. The van der Waals surface area contributed by atoms with Crippen molar-refractivity contribution in [2.45, 2.75) is 292 Å². The maximum atomic E-state index is 11.4. The molecule has 150 heavy (non-hydrogen) atoms. The van der Waals surface area contributed by atoms with Crippen LogP contribution in [0, 0.1) is 5.92 Å². The Morgan fingerprint density at radius 3 is 0.867 bits per heavy atom. The number of phosphoric ester groups is 1. The number of carbonyl (C=O) groups excluding carboxylic acids is 6. The average Bonchev–Trinajstić information content (AvgIpc) is 0.867. The molecule has 0 aromatic heterocycles. The van der Waals surface area contributed by atoms with Gasteiger partial charge in [0.05, 0.1) is 142 Å². The molecular weight excluding hydrogens is 2220 g/mol. The zero-order chi connectivity index (χ0) is 120. The number of allylic oxidation sites excluding steroid dienone is 3. The van der Waals surface area contributed by atoms with Gasteiger partial charge in [-0.2, -0.15) is 16.8 Å². The summed E-state index contributed by atoms with van der Waals surface area (Å²) in [6, 6.07) is 9.85. The molecule has 0 heterocycles. The van der Waals surface area contributed by atoms with Crippen molar-refractivity contribution in [2.24, 2.45) is 5.92 Å². The Labute approximate surface area is 922 Å². The summed E-state index contributed by atoms with van der Waals surface area (Å²) in [7, 11) is -21.2. The van der Waals surface area contributed by atoms with Crippen LogP contribution in [0.1, 0.15) is 133 Å². The second kappa shape index (κ2) is 93.2. The Kier molecular flexibility index (Phi) is 104. The van der Waals surface area contributed by atoms with Gasteiger partial charge in [0.25, 0.3) is 0 Å². The van der Waals surface area contributed by atoms with E-state index >= 15 is 0 Å². The Morgan fingerprint density at radius 2 is 0.593 bits per heavy atom. The van der Waals surface area contributed by atoms with Crippen molar-refractivity contribution in [3.63, 3.8) is 0 Å².